The molecule has 1 aromatic rings. The van der Waals surface area contributed by atoms with E-state index in [1.54, 1.807) is 12.1 Å². The minimum atomic E-state index is -4.29. The number of halogens is 3. The summed E-state index contributed by atoms with van der Waals surface area (Å²) in [5, 5.41) is 10.2. The van der Waals surface area contributed by atoms with Gasteiger partial charge in [0.25, 0.3) is 0 Å². The number of hydrogen-bond acceptors (Lipinski definition) is 1. The SMILES string of the molecule is CC(C)(C)c1cc(C2(C(F)(F)F)CC2)c(O)cc1C1CC1. The molecule has 1 aromatic carbocycles. The van der Waals surface area contributed by atoms with Gasteiger partial charge in [0.05, 0.1) is 5.41 Å². The highest BCUT2D eigenvalue weighted by Gasteiger charge is 2.65. The van der Waals surface area contributed by atoms with Gasteiger partial charge in [-0.25, -0.2) is 0 Å². The van der Waals surface area contributed by atoms with E-state index >= 15 is 0 Å². The van der Waals surface area contributed by atoms with Gasteiger partial charge in [-0.2, -0.15) is 13.2 Å². The summed E-state index contributed by atoms with van der Waals surface area (Å²) >= 11 is 0. The standard InChI is InChI=1S/C17H21F3O/c1-15(2,3)12-9-13(16(6-7-16)17(18,19)20)14(21)8-11(12)10-4-5-10/h8-10,21H,4-7H2,1-3H3. The topological polar surface area (TPSA) is 20.2 Å². The van der Waals surface area contributed by atoms with Crippen molar-refractivity contribution in [2.45, 2.75) is 69.4 Å². The van der Waals surface area contributed by atoms with Crippen molar-refractivity contribution in [3.63, 3.8) is 0 Å². The van der Waals surface area contributed by atoms with Crippen LogP contribution in [0.25, 0.3) is 0 Å². The third-order valence-electron chi connectivity index (χ3n) is 4.80. The number of alkyl halides is 3. The molecule has 0 unspecified atom stereocenters. The molecular weight excluding hydrogens is 277 g/mol. The van der Waals surface area contributed by atoms with Crippen LogP contribution in [0.15, 0.2) is 12.1 Å². The van der Waals surface area contributed by atoms with Crippen LogP contribution in [0.1, 0.15) is 69.1 Å². The summed E-state index contributed by atoms with van der Waals surface area (Å²) in [6.07, 6.45) is -2.01. The van der Waals surface area contributed by atoms with Crippen molar-refractivity contribution in [1.29, 1.82) is 0 Å². The molecule has 0 atom stereocenters. The summed E-state index contributed by atoms with van der Waals surface area (Å²) in [5.41, 5.74) is 0.0145. The number of hydrogen-bond donors (Lipinski definition) is 1. The van der Waals surface area contributed by atoms with Gasteiger partial charge in [0.1, 0.15) is 5.75 Å². The largest absolute Gasteiger partial charge is 0.508 e. The highest BCUT2D eigenvalue weighted by Crippen LogP contribution is 2.61. The van der Waals surface area contributed by atoms with E-state index in [0.717, 1.165) is 24.0 Å². The van der Waals surface area contributed by atoms with E-state index in [9.17, 15) is 18.3 Å². The molecule has 1 N–H and O–H groups in total. The molecule has 0 aliphatic heterocycles. The second-order valence-electron chi connectivity index (χ2n) is 7.56. The van der Waals surface area contributed by atoms with Crippen LogP contribution in [-0.2, 0) is 10.8 Å². The quantitative estimate of drug-likeness (QED) is 0.799. The molecule has 0 spiro atoms. The van der Waals surface area contributed by atoms with Crippen molar-refractivity contribution >= 4 is 0 Å². The summed E-state index contributed by atoms with van der Waals surface area (Å²) in [7, 11) is 0. The minimum absolute atomic E-state index is 0.0734. The number of phenols is 1. The molecule has 0 aromatic heterocycles. The molecule has 0 bridgehead atoms. The first-order chi connectivity index (χ1) is 9.56. The first-order valence-electron chi connectivity index (χ1n) is 7.51. The van der Waals surface area contributed by atoms with E-state index in [1.807, 2.05) is 20.8 Å². The van der Waals surface area contributed by atoms with Gasteiger partial charge in [0.15, 0.2) is 0 Å². The van der Waals surface area contributed by atoms with Crippen LogP contribution in [0.5, 0.6) is 5.75 Å². The Balaban J connectivity index is 2.15. The predicted octanol–water partition coefficient (Wildman–Crippen LogP) is 5.16. The molecule has 0 radical (unpaired) electrons. The second-order valence-corrected chi connectivity index (χ2v) is 7.56. The van der Waals surface area contributed by atoms with Gasteiger partial charge in [-0.1, -0.05) is 26.8 Å². The van der Waals surface area contributed by atoms with Crippen LogP contribution in [-0.4, -0.2) is 11.3 Å². The summed E-state index contributed by atoms with van der Waals surface area (Å²) < 4.78 is 40.1. The molecule has 0 amide bonds. The lowest BCUT2D eigenvalue weighted by Crippen LogP contribution is -2.29. The fourth-order valence-corrected chi connectivity index (χ4v) is 3.20. The van der Waals surface area contributed by atoms with Crippen molar-refractivity contribution in [3.05, 3.63) is 28.8 Å². The maximum absolute atomic E-state index is 13.4. The highest BCUT2D eigenvalue weighted by molar-refractivity contribution is 5.52. The van der Waals surface area contributed by atoms with Crippen LogP contribution in [0.3, 0.4) is 0 Å². The summed E-state index contributed by atoms with van der Waals surface area (Å²) in [6, 6.07) is 3.23. The Labute approximate surface area is 123 Å². The third kappa shape index (κ3) is 2.33. The van der Waals surface area contributed by atoms with Crippen molar-refractivity contribution in [1.82, 2.24) is 0 Å². The Morgan fingerprint density at radius 1 is 1.10 bits per heavy atom. The minimum Gasteiger partial charge on any atom is -0.508 e. The zero-order valence-electron chi connectivity index (χ0n) is 12.6. The summed E-state index contributed by atoms with van der Waals surface area (Å²) in [4.78, 5) is 0. The molecule has 0 heterocycles. The van der Waals surface area contributed by atoms with Gasteiger partial charge in [-0.15, -0.1) is 0 Å². The van der Waals surface area contributed by atoms with E-state index in [1.165, 1.54) is 0 Å². The second kappa shape index (κ2) is 4.17. The molecule has 2 fully saturated rings. The lowest BCUT2D eigenvalue weighted by Gasteiger charge is -2.28. The maximum atomic E-state index is 13.4. The van der Waals surface area contributed by atoms with E-state index in [0.29, 0.717) is 5.92 Å². The first-order valence-corrected chi connectivity index (χ1v) is 7.51. The van der Waals surface area contributed by atoms with E-state index < -0.39 is 11.6 Å². The van der Waals surface area contributed by atoms with Gasteiger partial charge < -0.3 is 5.11 Å². The van der Waals surface area contributed by atoms with E-state index in [-0.39, 0.29) is 29.6 Å². The van der Waals surface area contributed by atoms with Crippen molar-refractivity contribution in [2.75, 3.05) is 0 Å². The first kappa shape index (κ1) is 14.7. The van der Waals surface area contributed by atoms with Crippen LogP contribution < -0.4 is 0 Å². The fourth-order valence-electron chi connectivity index (χ4n) is 3.20. The van der Waals surface area contributed by atoms with Crippen LogP contribution in [0, 0.1) is 0 Å². The third-order valence-corrected chi connectivity index (χ3v) is 4.80. The fraction of sp³-hybridized carbons (Fsp3) is 0.647. The zero-order valence-corrected chi connectivity index (χ0v) is 12.6. The molecule has 2 saturated carbocycles. The van der Waals surface area contributed by atoms with Gasteiger partial charge in [0, 0.05) is 5.56 Å². The lowest BCUT2D eigenvalue weighted by atomic mass is 9.79. The summed E-state index contributed by atoms with van der Waals surface area (Å²) in [6.45, 7) is 6.05. The Morgan fingerprint density at radius 2 is 1.67 bits per heavy atom. The van der Waals surface area contributed by atoms with Crippen LogP contribution in [0.4, 0.5) is 13.2 Å². The normalized spacial score (nSPS) is 21.4. The Hall–Kier alpha value is -1.19. The molecular formula is C17H21F3O. The zero-order chi connectivity index (χ0) is 15.6. The van der Waals surface area contributed by atoms with E-state index in [4.69, 9.17) is 0 Å². The van der Waals surface area contributed by atoms with Gasteiger partial charge in [-0.05, 0) is 54.2 Å². The Kier molecular flexibility index (Phi) is 2.93. The van der Waals surface area contributed by atoms with Crippen LogP contribution >= 0.6 is 0 Å². The van der Waals surface area contributed by atoms with Crippen molar-refractivity contribution in [2.24, 2.45) is 0 Å². The van der Waals surface area contributed by atoms with Gasteiger partial charge in [-0.3, -0.25) is 0 Å². The molecule has 1 nitrogen and oxygen atoms in total. The lowest BCUT2D eigenvalue weighted by molar-refractivity contribution is -0.161. The Bertz CT molecular complexity index is 573. The number of phenolic OH excluding ortho intramolecular Hbond substituents is 1. The molecule has 0 saturated heterocycles. The average molecular weight is 298 g/mol. The smallest absolute Gasteiger partial charge is 0.398 e. The monoisotopic (exact) mass is 298 g/mol. The van der Waals surface area contributed by atoms with Gasteiger partial charge in [0.2, 0.25) is 0 Å². The number of rotatable bonds is 2. The summed E-state index contributed by atoms with van der Waals surface area (Å²) in [5.74, 6) is 0.222. The van der Waals surface area contributed by atoms with Gasteiger partial charge >= 0.3 is 6.18 Å². The highest BCUT2D eigenvalue weighted by atomic mass is 19.4. The molecule has 21 heavy (non-hydrogen) atoms. The molecule has 3 rings (SSSR count). The van der Waals surface area contributed by atoms with Crippen LogP contribution in [0.2, 0.25) is 0 Å². The average Bonchev–Trinajstić information content (AvgIpc) is 3.20. The van der Waals surface area contributed by atoms with Crippen molar-refractivity contribution in [3.8, 4) is 5.75 Å². The predicted molar refractivity (Wildman–Crippen MR) is 75.7 cm³/mol. The molecule has 116 valence electrons. The number of benzene rings is 1. The molecule has 2 aliphatic carbocycles. The van der Waals surface area contributed by atoms with E-state index in [2.05, 4.69) is 0 Å². The Morgan fingerprint density at radius 3 is 2.05 bits per heavy atom. The molecule has 2 aliphatic rings. The van der Waals surface area contributed by atoms with Crippen molar-refractivity contribution < 1.29 is 18.3 Å². The maximum Gasteiger partial charge on any atom is 0.398 e. The number of aromatic hydroxyl groups is 1. The molecule has 4 heteroatoms.